The lowest BCUT2D eigenvalue weighted by molar-refractivity contribution is -0.117. The number of hydrogen-bond acceptors (Lipinski definition) is 7. The number of aliphatic hydroxyl groups is 2. The molecule has 4 atom stereocenters. The number of aliphatic hydroxyl groups excluding tert-OH is 2. The van der Waals surface area contributed by atoms with E-state index >= 15 is 0 Å². The lowest BCUT2D eigenvalue weighted by atomic mass is 9.97. The number of amides is 1. The van der Waals surface area contributed by atoms with Crippen molar-refractivity contribution in [3.05, 3.63) is 48.2 Å². The van der Waals surface area contributed by atoms with Crippen LogP contribution < -0.4 is 14.4 Å². The lowest BCUT2D eigenvalue weighted by Crippen LogP contribution is -2.56. The van der Waals surface area contributed by atoms with Gasteiger partial charge in [-0.15, -0.1) is 0 Å². The number of carbonyl (C=O) groups excluding carboxylic acids is 1. The van der Waals surface area contributed by atoms with Gasteiger partial charge >= 0.3 is 10.2 Å². The van der Waals surface area contributed by atoms with E-state index in [1.54, 1.807) is 6.92 Å². The molecule has 3 heterocycles. The Morgan fingerprint density at radius 2 is 1.94 bits per heavy atom. The van der Waals surface area contributed by atoms with Gasteiger partial charge in [-0.2, -0.15) is 12.7 Å². The first-order chi connectivity index (χ1) is 16.7. The van der Waals surface area contributed by atoms with Gasteiger partial charge < -0.3 is 20.3 Å². The van der Waals surface area contributed by atoms with E-state index < -0.39 is 28.3 Å². The third kappa shape index (κ3) is 5.27. The fourth-order valence-corrected chi connectivity index (χ4v) is 6.45. The van der Waals surface area contributed by atoms with Crippen LogP contribution >= 0.6 is 0 Å². The van der Waals surface area contributed by atoms with Crippen LogP contribution in [-0.4, -0.2) is 72.3 Å². The smallest absolute Gasteiger partial charge is 0.304 e. The number of rotatable bonds is 7. The van der Waals surface area contributed by atoms with Crippen LogP contribution in [0, 0.1) is 5.92 Å². The molecule has 35 heavy (non-hydrogen) atoms. The third-order valence-corrected chi connectivity index (χ3v) is 8.53. The zero-order valence-corrected chi connectivity index (χ0v) is 20.7. The average molecular weight is 505 g/mol. The van der Waals surface area contributed by atoms with E-state index in [-0.39, 0.29) is 49.7 Å². The maximum atomic E-state index is 13.8. The number of pyridine rings is 1. The molecule has 4 rings (SSSR count). The molecule has 0 spiro atoms. The Kier molecular flexibility index (Phi) is 7.60. The second-order valence-electron chi connectivity index (χ2n) is 9.22. The zero-order valence-electron chi connectivity index (χ0n) is 19.9. The highest BCUT2D eigenvalue weighted by molar-refractivity contribution is 7.90. The van der Waals surface area contributed by atoms with Gasteiger partial charge in [-0.05, 0) is 37.3 Å². The van der Waals surface area contributed by atoms with Crippen molar-refractivity contribution >= 4 is 27.5 Å². The van der Waals surface area contributed by atoms with Gasteiger partial charge in [0.15, 0.2) is 0 Å². The quantitative estimate of drug-likeness (QED) is 0.523. The van der Waals surface area contributed by atoms with Crippen molar-refractivity contribution in [2.75, 3.05) is 35.9 Å². The van der Waals surface area contributed by atoms with Crippen LogP contribution in [0.2, 0.25) is 0 Å². The Morgan fingerprint density at radius 1 is 1.20 bits per heavy atom. The van der Waals surface area contributed by atoms with Gasteiger partial charge in [0.25, 0.3) is 0 Å². The molecule has 10 nitrogen and oxygen atoms in total. The minimum atomic E-state index is -4.08. The summed E-state index contributed by atoms with van der Waals surface area (Å²) < 4.78 is 35.8. The number of ether oxygens (including phenoxy) is 1. The summed E-state index contributed by atoms with van der Waals surface area (Å²) in [4.78, 5) is 17.1. The summed E-state index contributed by atoms with van der Waals surface area (Å²) in [5.74, 6) is -0.492. The SMILES string of the molecule is C[C@H]1CC[C@H](CO)N(S(=O)(=O)N2C[C@H](CO)Oc3ncc(NC(=O)[C@@H](C)c4ccccc4)cc32)C1. The van der Waals surface area contributed by atoms with Crippen molar-refractivity contribution in [3.63, 3.8) is 0 Å². The summed E-state index contributed by atoms with van der Waals surface area (Å²) in [6, 6.07) is 10.3. The molecular formula is C24H32N4O6S. The number of fused-ring (bicyclic) bond motifs is 1. The largest absolute Gasteiger partial charge is 0.468 e. The van der Waals surface area contributed by atoms with Crippen molar-refractivity contribution in [1.29, 1.82) is 0 Å². The number of piperidine rings is 1. The zero-order chi connectivity index (χ0) is 25.2. The van der Waals surface area contributed by atoms with Crippen LogP contribution in [0.1, 0.15) is 38.2 Å². The van der Waals surface area contributed by atoms with Crippen molar-refractivity contribution in [1.82, 2.24) is 9.29 Å². The molecule has 190 valence electrons. The highest BCUT2D eigenvalue weighted by atomic mass is 32.2. The summed E-state index contributed by atoms with van der Waals surface area (Å²) in [7, 11) is -4.08. The number of nitrogens with one attached hydrogen (secondary N) is 1. The Morgan fingerprint density at radius 3 is 2.63 bits per heavy atom. The summed E-state index contributed by atoms with van der Waals surface area (Å²) in [5, 5.41) is 22.4. The van der Waals surface area contributed by atoms with Gasteiger partial charge in [0.05, 0.1) is 37.6 Å². The fourth-order valence-electron chi connectivity index (χ4n) is 4.47. The number of benzene rings is 1. The fraction of sp³-hybridized carbons (Fsp3) is 0.500. The molecule has 11 heteroatoms. The van der Waals surface area contributed by atoms with E-state index in [0.29, 0.717) is 12.1 Å². The van der Waals surface area contributed by atoms with Gasteiger partial charge in [-0.3, -0.25) is 4.79 Å². The van der Waals surface area contributed by atoms with Crippen LogP contribution in [-0.2, 0) is 15.0 Å². The Hall–Kier alpha value is -2.73. The molecule has 1 aromatic heterocycles. The summed E-state index contributed by atoms with van der Waals surface area (Å²) in [5.41, 5.74) is 1.35. The molecule has 1 aromatic carbocycles. The standard InChI is InChI=1S/C24H32N4O6S/c1-16-8-9-20(14-29)27(12-16)35(32,33)28-13-21(15-30)34-24-22(28)10-19(11-25-24)26-23(31)17(2)18-6-4-3-5-7-18/h3-7,10-11,16-17,20-21,29-30H,8-9,12-15H2,1-2H3,(H,26,31)/t16-,17-,20+,21+/m0/s1. The number of nitrogens with zero attached hydrogens (tertiary/aromatic N) is 3. The van der Waals surface area contributed by atoms with Crippen molar-refractivity contribution in [2.24, 2.45) is 5.92 Å². The summed E-state index contributed by atoms with van der Waals surface area (Å²) >= 11 is 0. The van der Waals surface area contributed by atoms with Gasteiger partial charge in [0.1, 0.15) is 11.8 Å². The van der Waals surface area contributed by atoms with E-state index in [0.717, 1.165) is 16.3 Å². The Balaban J connectivity index is 1.64. The Bertz CT molecular complexity index is 1150. The summed E-state index contributed by atoms with van der Waals surface area (Å²) in [6.07, 6.45) is 1.99. The molecule has 2 aromatic rings. The predicted molar refractivity (Wildman–Crippen MR) is 131 cm³/mol. The first-order valence-corrected chi connectivity index (χ1v) is 13.2. The third-order valence-electron chi connectivity index (χ3n) is 6.59. The van der Waals surface area contributed by atoms with E-state index in [1.807, 2.05) is 37.3 Å². The van der Waals surface area contributed by atoms with Crippen molar-refractivity contribution in [3.8, 4) is 5.88 Å². The van der Waals surface area contributed by atoms with Gasteiger partial charge in [0, 0.05) is 12.6 Å². The van der Waals surface area contributed by atoms with E-state index in [2.05, 4.69) is 10.3 Å². The summed E-state index contributed by atoms with van der Waals surface area (Å²) in [6.45, 7) is 3.26. The molecule has 0 radical (unpaired) electrons. The lowest BCUT2D eigenvalue weighted by Gasteiger charge is -2.42. The molecule has 1 amide bonds. The normalized spacial score (nSPS) is 23.8. The van der Waals surface area contributed by atoms with Crippen LogP contribution in [0.15, 0.2) is 42.6 Å². The predicted octanol–water partition coefficient (Wildman–Crippen LogP) is 1.72. The van der Waals surface area contributed by atoms with E-state index in [1.165, 1.54) is 16.6 Å². The molecule has 0 bridgehead atoms. The highest BCUT2D eigenvalue weighted by Gasteiger charge is 2.42. The van der Waals surface area contributed by atoms with E-state index in [9.17, 15) is 23.4 Å². The second-order valence-corrected chi connectivity index (χ2v) is 11.0. The average Bonchev–Trinajstić information content (AvgIpc) is 2.87. The van der Waals surface area contributed by atoms with E-state index in [4.69, 9.17) is 4.74 Å². The molecule has 0 unspecified atom stereocenters. The van der Waals surface area contributed by atoms with Crippen LogP contribution in [0.25, 0.3) is 0 Å². The number of hydrogen-bond donors (Lipinski definition) is 3. The van der Waals surface area contributed by atoms with Crippen LogP contribution in [0.4, 0.5) is 11.4 Å². The molecule has 1 fully saturated rings. The number of anilines is 2. The van der Waals surface area contributed by atoms with Crippen LogP contribution in [0.3, 0.4) is 0 Å². The first kappa shape index (κ1) is 25.4. The van der Waals surface area contributed by atoms with Gasteiger partial charge in [0.2, 0.25) is 11.8 Å². The molecule has 0 aliphatic carbocycles. The molecule has 3 N–H and O–H groups in total. The van der Waals surface area contributed by atoms with Crippen LogP contribution in [0.5, 0.6) is 5.88 Å². The minimum absolute atomic E-state index is 0.0542. The molecule has 2 aliphatic heterocycles. The minimum Gasteiger partial charge on any atom is -0.468 e. The first-order valence-electron chi connectivity index (χ1n) is 11.8. The van der Waals surface area contributed by atoms with Crippen molar-refractivity contribution < 1.29 is 28.2 Å². The molecule has 2 aliphatic rings. The van der Waals surface area contributed by atoms with Gasteiger partial charge in [-0.1, -0.05) is 37.3 Å². The highest BCUT2D eigenvalue weighted by Crippen LogP contribution is 2.38. The number of aromatic nitrogens is 1. The monoisotopic (exact) mass is 504 g/mol. The maximum Gasteiger partial charge on any atom is 0.304 e. The Labute approximate surface area is 205 Å². The van der Waals surface area contributed by atoms with Crippen molar-refractivity contribution in [2.45, 2.75) is 44.8 Å². The van der Waals surface area contributed by atoms with Gasteiger partial charge in [-0.25, -0.2) is 9.29 Å². The molecule has 0 saturated carbocycles. The molecular weight excluding hydrogens is 472 g/mol. The topological polar surface area (TPSA) is 132 Å². The maximum absolute atomic E-state index is 13.8. The number of carbonyl (C=O) groups is 1. The second kappa shape index (κ2) is 10.5. The molecule has 1 saturated heterocycles.